The van der Waals surface area contributed by atoms with Crippen LogP contribution in [0.2, 0.25) is 0 Å². The second-order valence-electron chi connectivity index (χ2n) is 5.14. The largest absolute Gasteiger partial charge is 0.387 e. The van der Waals surface area contributed by atoms with E-state index in [1.165, 1.54) is 0 Å². The summed E-state index contributed by atoms with van der Waals surface area (Å²) in [5.74, 6) is -0.696. The topological polar surface area (TPSA) is 96.3 Å². The van der Waals surface area contributed by atoms with Crippen LogP contribution in [0.15, 0.2) is 30.6 Å². The van der Waals surface area contributed by atoms with Crippen LogP contribution in [0, 0.1) is 13.8 Å². The molecule has 0 unspecified atom stereocenters. The van der Waals surface area contributed by atoms with Gasteiger partial charge in [-0.2, -0.15) is 0 Å². The Labute approximate surface area is 134 Å². The fourth-order valence-corrected chi connectivity index (χ4v) is 2.06. The van der Waals surface area contributed by atoms with Crippen LogP contribution in [0.5, 0.6) is 0 Å². The molecule has 0 saturated heterocycles. The van der Waals surface area contributed by atoms with Crippen molar-refractivity contribution in [1.82, 2.24) is 14.9 Å². The summed E-state index contributed by atoms with van der Waals surface area (Å²) in [6.45, 7) is 3.57. The molecule has 3 N–H and O–H groups in total. The van der Waals surface area contributed by atoms with Crippen LogP contribution >= 0.6 is 0 Å². The van der Waals surface area contributed by atoms with Crippen LogP contribution in [-0.4, -0.2) is 39.6 Å². The summed E-state index contributed by atoms with van der Waals surface area (Å²) < 4.78 is 1.98. The van der Waals surface area contributed by atoms with Gasteiger partial charge in [0, 0.05) is 30.0 Å². The minimum absolute atomic E-state index is 0.146. The van der Waals surface area contributed by atoms with Gasteiger partial charge in [0.2, 0.25) is 11.8 Å². The number of hydrogen-bond acceptors (Lipinski definition) is 4. The van der Waals surface area contributed by atoms with E-state index in [-0.39, 0.29) is 18.9 Å². The second kappa shape index (κ2) is 7.55. The van der Waals surface area contributed by atoms with Gasteiger partial charge in [0.05, 0.1) is 12.0 Å². The first-order chi connectivity index (χ1) is 11.0. The molecule has 0 bridgehead atoms. The van der Waals surface area contributed by atoms with Gasteiger partial charge in [0.1, 0.15) is 6.61 Å². The molecule has 7 nitrogen and oxygen atoms in total. The van der Waals surface area contributed by atoms with E-state index < -0.39 is 12.5 Å². The highest BCUT2D eigenvalue weighted by molar-refractivity contribution is 5.91. The van der Waals surface area contributed by atoms with Crippen molar-refractivity contribution in [3.63, 3.8) is 0 Å². The Morgan fingerprint density at radius 3 is 2.43 bits per heavy atom. The number of carbonyl (C=O) groups excluding carboxylic acids is 2. The predicted octanol–water partition coefficient (Wildman–Crippen LogP) is 0.926. The van der Waals surface area contributed by atoms with Crippen LogP contribution in [0.4, 0.5) is 5.69 Å². The molecule has 23 heavy (non-hydrogen) atoms. The van der Waals surface area contributed by atoms with Gasteiger partial charge < -0.3 is 20.3 Å². The number of aliphatic hydroxyl groups is 1. The molecular formula is C16H20N4O3. The monoisotopic (exact) mass is 316 g/mol. The number of aryl methyl sites for hydroxylation is 1. The van der Waals surface area contributed by atoms with E-state index in [9.17, 15) is 9.59 Å². The van der Waals surface area contributed by atoms with Gasteiger partial charge in [0.25, 0.3) is 0 Å². The Hall–Kier alpha value is -2.67. The highest BCUT2D eigenvalue weighted by Gasteiger charge is 2.06. The average Bonchev–Trinajstić information content (AvgIpc) is 2.87. The lowest BCUT2D eigenvalue weighted by Crippen LogP contribution is -2.29. The summed E-state index contributed by atoms with van der Waals surface area (Å²) in [7, 11) is 0. The third-order valence-corrected chi connectivity index (χ3v) is 3.50. The highest BCUT2D eigenvalue weighted by Crippen LogP contribution is 2.16. The molecule has 2 rings (SSSR count). The first-order valence-corrected chi connectivity index (χ1v) is 7.29. The van der Waals surface area contributed by atoms with E-state index in [1.807, 2.05) is 42.7 Å². The fourth-order valence-electron chi connectivity index (χ4n) is 2.06. The molecule has 1 aromatic heterocycles. The molecule has 0 aliphatic carbocycles. The first kappa shape index (κ1) is 16.7. The SMILES string of the molecule is Cc1ncn(-c2ccc(NC(=O)CCNC(=O)CO)cc2)c1C. The molecule has 0 aliphatic rings. The highest BCUT2D eigenvalue weighted by atomic mass is 16.3. The number of rotatable bonds is 6. The number of anilines is 1. The molecule has 0 aliphatic heterocycles. The molecular weight excluding hydrogens is 296 g/mol. The number of hydrogen-bond donors (Lipinski definition) is 3. The Bertz CT molecular complexity index is 692. The van der Waals surface area contributed by atoms with Crippen molar-refractivity contribution in [2.24, 2.45) is 0 Å². The standard InChI is InChI=1S/C16H20N4O3/c1-11-12(2)20(10-18-11)14-5-3-13(4-6-14)19-15(22)7-8-17-16(23)9-21/h3-6,10,21H,7-9H2,1-2H3,(H,17,23)(H,19,22). The normalized spacial score (nSPS) is 10.4. The van der Waals surface area contributed by atoms with Crippen molar-refractivity contribution >= 4 is 17.5 Å². The van der Waals surface area contributed by atoms with E-state index >= 15 is 0 Å². The maximum absolute atomic E-state index is 11.8. The number of amides is 2. The molecule has 0 fully saturated rings. The van der Waals surface area contributed by atoms with E-state index in [0.29, 0.717) is 5.69 Å². The smallest absolute Gasteiger partial charge is 0.245 e. The van der Waals surface area contributed by atoms with Crippen LogP contribution in [0.1, 0.15) is 17.8 Å². The van der Waals surface area contributed by atoms with Crippen LogP contribution in [0.3, 0.4) is 0 Å². The lowest BCUT2D eigenvalue weighted by Gasteiger charge is -2.09. The zero-order chi connectivity index (χ0) is 16.8. The van der Waals surface area contributed by atoms with E-state index in [0.717, 1.165) is 17.1 Å². The number of nitrogens with zero attached hydrogens (tertiary/aromatic N) is 2. The van der Waals surface area contributed by atoms with Gasteiger partial charge in [-0.15, -0.1) is 0 Å². The molecule has 1 aromatic carbocycles. The maximum atomic E-state index is 11.8. The molecule has 2 aromatic rings. The van der Waals surface area contributed by atoms with Gasteiger partial charge in [0.15, 0.2) is 0 Å². The lowest BCUT2D eigenvalue weighted by molar-refractivity contribution is -0.123. The molecule has 7 heteroatoms. The minimum atomic E-state index is -0.573. The summed E-state index contributed by atoms with van der Waals surface area (Å²) in [6, 6.07) is 7.43. The average molecular weight is 316 g/mol. The zero-order valence-corrected chi connectivity index (χ0v) is 13.2. The van der Waals surface area contributed by atoms with Crippen LogP contribution in [0.25, 0.3) is 5.69 Å². The third kappa shape index (κ3) is 4.40. The van der Waals surface area contributed by atoms with Gasteiger partial charge in [-0.05, 0) is 38.1 Å². The van der Waals surface area contributed by atoms with Crippen molar-refractivity contribution in [2.45, 2.75) is 20.3 Å². The van der Waals surface area contributed by atoms with Crippen molar-refractivity contribution in [3.8, 4) is 5.69 Å². The lowest BCUT2D eigenvalue weighted by atomic mass is 10.2. The van der Waals surface area contributed by atoms with E-state index in [4.69, 9.17) is 5.11 Å². The number of aromatic nitrogens is 2. The number of carbonyl (C=O) groups is 2. The van der Waals surface area contributed by atoms with Crippen LogP contribution in [-0.2, 0) is 9.59 Å². The van der Waals surface area contributed by atoms with Crippen LogP contribution < -0.4 is 10.6 Å². The quantitative estimate of drug-likeness (QED) is 0.738. The third-order valence-electron chi connectivity index (χ3n) is 3.50. The van der Waals surface area contributed by atoms with Crippen molar-refractivity contribution in [2.75, 3.05) is 18.5 Å². The molecule has 0 radical (unpaired) electrons. The van der Waals surface area contributed by atoms with Gasteiger partial charge in [-0.1, -0.05) is 0 Å². The summed E-state index contributed by atoms with van der Waals surface area (Å²) in [5, 5.41) is 13.7. The Morgan fingerprint density at radius 2 is 1.87 bits per heavy atom. The summed E-state index contributed by atoms with van der Waals surface area (Å²) in [5.41, 5.74) is 3.70. The maximum Gasteiger partial charge on any atom is 0.245 e. The van der Waals surface area contributed by atoms with E-state index in [2.05, 4.69) is 15.6 Å². The van der Waals surface area contributed by atoms with Gasteiger partial charge in [-0.25, -0.2) is 4.98 Å². The van der Waals surface area contributed by atoms with Crippen molar-refractivity contribution in [1.29, 1.82) is 0 Å². The number of nitrogens with one attached hydrogen (secondary N) is 2. The molecule has 1 heterocycles. The van der Waals surface area contributed by atoms with Gasteiger partial charge in [-0.3, -0.25) is 9.59 Å². The second-order valence-corrected chi connectivity index (χ2v) is 5.14. The Balaban J connectivity index is 1.91. The minimum Gasteiger partial charge on any atom is -0.387 e. The number of imidazole rings is 1. The zero-order valence-electron chi connectivity index (χ0n) is 13.2. The van der Waals surface area contributed by atoms with Crippen molar-refractivity contribution in [3.05, 3.63) is 42.0 Å². The molecule has 2 amide bonds. The number of aliphatic hydroxyl groups excluding tert-OH is 1. The predicted molar refractivity (Wildman–Crippen MR) is 86.4 cm³/mol. The molecule has 0 saturated carbocycles. The fraction of sp³-hybridized carbons (Fsp3) is 0.312. The van der Waals surface area contributed by atoms with E-state index in [1.54, 1.807) is 6.33 Å². The van der Waals surface area contributed by atoms with Crippen molar-refractivity contribution < 1.29 is 14.7 Å². The van der Waals surface area contributed by atoms with Gasteiger partial charge >= 0.3 is 0 Å². The molecule has 0 atom stereocenters. The summed E-state index contributed by atoms with van der Waals surface area (Å²) >= 11 is 0. The number of benzene rings is 1. The summed E-state index contributed by atoms with van der Waals surface area (Å²) in [6.07, 6.45) is 1.91. The Kier molecular flexibility index (Phi) is 5.48. The molecule has 0 spiro atoms. The molecule has 122 valence electrons. The summed E-state index contributed by atoms with van der Waals surface area (Å²) in [4.78, 5) is 26.9. The first-order valence-electron chi connectivity index (χ1n) is 7.29. The Morgan fingerprint density at radius 1 is 1.17 bits per heavy atom.